The Kier molecular flexibility index (Phi) is 4.93. The largest absolute Gasteiger partial charge is 0.355 e. The van der Waals surface area contributed by atoms with E-state index in [1.54, 1.807) is 17.4 Å². The maximum Gasteiger partial charge on any atom is 0.224 e. The summed E-state index contributed by atoms with van der Waals surface area (Å²) in [4.78, 5) is 17.2. The van der Waals surface area contributed by atoms with Gasteiger partial charge in [-0.1, -0.05) is 29.8 Å². The van der Waals surface area contributed by atoms with Crippen molar-refractivity contribution in [2.24, 2.45) is 0 Å². The molecular weight excluding hydrogens is 280 g/mol. The molecule has 0 fully saturated rings. The van der Waals surface area contributed by atoms with Gasteiger partial charge in [-0.05, 0) is 18.6 Å². The van der Waals surface area contributed by atoms with Gasteiger partial charge in [-0.2, -0.15) is 0 Å². The highest BCUT2D eigenvalue weighted by Crippen LogP contribution is 2.15. The number of nitrogens with zero attached hydrogens (tertiary/aromatic N) is 1. The van der Waals surface area contributed by atoms with Crippen LogP contribution in [0.3, 0.4) is 0 Å². The van der Waals surface area contributed by atoms with Crippen molar-refractivity contribution in [3.8, 4) is 0 Å². The summed E-state index contributed by atoms with van der Waals surface area (Å²) in [7, 11) is 0. The Morgan fingerprint density at radius 1 is 1.42 bits per heavy atom. The molecular formula is C14H15ClN2OS. The average molecular weight is 295 g/mol. The van der Waals surface area contributed by atoms with Crippen molar-refractivity contribution in [1.82, 2.24) is 10.3 Å². The predicted molar refractivity (Wildman–Crippen MR) is 78.7 cm³/mol. The first-order valence-electron chi connectivity index (χ1n) is 6.06. The molecule has 1 amide bonds. The van der Waals surface area contributed by atoms with Gasteiger partial charge in [-0.3, -0.25) is 4.79 Å². The van der Waals surface area contributed by atoms with Crippen LogP contribution in [0.2, 0.25) is 5.02 Å². The fraction of sp³-hybridized carbons (Fsp3) is 0.286. The Bertz CT molecular complexity index is 568. The fourth-order valence-electron chi connectivity index (χ4n) is 1.72. The Hall–Kier alpha value is -1.39. The molecule has 0 saturated heterocycles. The Labute approximate surface area is 121 Å². The third-order valence-electron chi connectivity index (χ3n) is 2.67. The van der Waals surface area contributed by atoms with Crippen molar-refractivity contribution in [2.45, 2.75) is 19.8 Å². The molecule has 1 N–H and O–H groups in total. The number of aromatic nitrogens is 1. The summed E-state index contributed by atoms with van der Waals surface area (Å²) < 4.78 is 0. The number of carbonyl (C=O) groups is 1. The zero-order valence-corrected chi connectivity index (χ0v) is 12.2. The van der Waals surface area contributed by atoms with Crippen LogP contribution >= 0.6 is 22.9 Å². The van der Waals surface area contributed by atoms with Crippen molar-refractivity contribution >= 4 is 28.8 Å². The zero-order chi connectivity index (χ0) is 13.7. The monoisotopic (exact) mass is 294 g/mol. The van der Waals surface area contributed by atoms with E-state index in [2.05, 4.69) is 10.3 Å². The van der Waals surface area contributed by atoms with Crippen LogP contribution in [0.1, 0.15) is 15.4 Å². The van der Waals surface area contributed by atoms with E-state index in [0.29, 0.717) is 18.0 Å². The molecule has 1 aromatic carbocycles. The lowest BCUT2D eigenvalue weighted by Crippen LogP contribution is -2.27. The molecule has 2 aromatic rings. The van der Waals surface area contributed by atoms with E-state index >= 15 is 0 Å². The highest BCUT2D eigenvalue weighted by atomic mass is 35.5. The van der Waals surface area contributed by atoms with Gasteiger partial charge in [0.25, 0.3) is 0 Å². The smallest absolute Gasteiger partial charge is 0.224 e. The third kappa shape index (κ3) is 4.33. The number of rotatable bonds is 5. The summed E-state index contributed by atoms with van der Waals surface area (Å²) in [6, 6.07) is 7.41. The number of thiazole rings is 1. The second-order valence-corrected chi connectivity index (χ2v) is 5.94. The number of halogens is 1. The van der Waals surface area contributed by atoms with Gasteiger partial charge < -0.3 is 5.32 Å². The highest BCUT2D eigenvalue weighted by Gasteiger charge is 2.06. The Morgan fingerprint density at radius 2 is 2.21 bits per heavy atom. The van der Waals surface area contributed by atoms with Gasteiger partial charge in [-0.15, -0.1) is 11.3 Å². The Balaban J connectivity index is 1.77. The summed E-state index contributed by atoms with van der Waals surface area (Å²) in [6.07, 6.45) is 3.00. The molecule has 0 atom stereocenters. The Morgan fingerprint density at radius 3 is 2.89 bits per heavy atom. The van der Waals surface area contributed by atoms with Crippen LogP contribution in [0.15, 0.2) is 30.5 Å². The summed E-state index contributed by atoms with van der Waals surface area (Å²) in [5, 5.41) is 4.59. The fourth-order valence-corrected chi connectivity index (χ4v) is 2.72. The van der Waals surface area contributed by atoms with Gasteiger partial charge in [0.05, 0.1) is 11.4 Å². The lowest BCUT2D eigenvalue weighted by molar-refractivity contribution is -0.120. The van der Waals surface area contributed by atoms with Crippen LogP contribution in [-0.2, 0) is 17.6 Å². The van der Waals surface area contributed by atoms with Crippen LogP contribution in [0.5, 0.6) is 0 Å². The van der Waals surface area contributed by atoms with Crippen molar-refractivity contribution in [3.05, 3.63) is 50.9 Å². The first-order chi connectivity index (χ1) is 9.15. The minimum Gasteiger partial charge on any atom is -0.355 e. The van der Waals surface area contributed by atoms with Crippen molar-refractivity contribution in [2.75, 3.05) is 6.54 Å². The molecule has 2 rings (SSSR count). The lowest BCUT2D eigenvalue weighted by atomic mass is 10.1. The van der Waals surface area contributed by atoms with Crippen molar-refractivity contribution < 1.29 is 4.79 Å². The molecule has 3 nitrogen and oxygen atoms in total. The zero-order valence-electron chi connectivity index (χ0n) is 10.6. The number of amides is 1. The van der Waals surface area contributed by atoms with Crippen LogP contribution in [-0.4, -0.2) is 17.4 Å². The maximum absolute atomic E-state index is 11.8. The molecule has 0 aliphatic heterocycles. The molecule has 0 aliphatic carbocycles. The van der Waals surface area contributed by atoms with Crippen molar-refractivity contribution in [1.29, 1.82) is 0 Å². The quantitative estimate of drug-likeness (QED) is 0.921. The first kappa shape index (κ1) is 14.0. The third-order valence-corrected chi connectivity index (χ3v) is 4.01. The number of hydrogen-bond acceptors (Lipinski definition) is 3. The van der Waals surface area contributed by atoms with Crippen LogP contribution < -0.4 is 5.32 Å². The standard InChI is InChI=1S/C14H15ClN2OS/c1-10-17-9-12(19-10)6-7-16-14(18)8-11-4-2-3-5-13(11)15/h2-5,9H,6-8H2,1H3,(H,16,18). The molecule has 0 spiro atoms. The van der Waals surface area contributed by atoms with Crippen LogP contribution in [0.4, 0.5) is 0 Å². The summed E-state index contributed by atoms with van der Waals surface area (Å²) in [5.74, 6) is -0.00524. The van der Waals surface area contributed by atoms with Gasteiger partial charge in [0.2, 0.25) is 5.91 Å². The molecule has 0 unspecified atom stereocenters. The van der Waals surface area contributed by atoms with E-state index in [9.17, 15) is 4.79 Å². The van der Waals surface area contributed by atoms with E-state index in [-0.39, 0.29) is 5.91 Å². The lowest BCUT2D eigenvalue weighted by Gasteiger charge is -2.05. The second-order valence-electron chi connectivity index (χ2n) is 4.21. The number of aryl methyl sites for hydroxylation is 1. The molecule has 1 aromatic heterocycles. The van der Waals surface area contributed by atoms with Gasteiger partial charge in [-0.25, -0.2) is 4.98 Å². The van der Waals surface area contributed by atoms with E-state index in [4.69, 9.17) is 11.6 Å². The highest BCUT2D eigenvalue weighted by molar-refractivity contribution is 7.11. The average Bonchev–Trinajstić information content (AvgIpc) is 2.78. The normalized spacial score (nSPS) is 10.4. The molecule has 19 heavy (non-hydrogen) atoms. The van der Waals surface area contributed by atoms with E-state index in [1.807, 2.05) is 31.3 Å². The molecule has 100 valence electrons. The van der Waals surface area contributed by atoms with Crippen LogP contribution in [0.25, 0.3) is 0 Å². The number of carbonyl (C=O) groups excluding carboxylic acids is 1. The predicted octanol–water partition coefficient (Wildman–Crippen LogP) is 3.01. The summed E-state index contributed by atoms with van der Waals surface area (Å²) >= 11 is 7.68. The molecule has 0 saturated carbocycles. The second kappa shape index (κ2) is 6.68. The molecule has 0 bridgehead atoms. The summed E-state index contributed by atoms with van der Waals surface area (Å²) in [5.41, 5.74) is 0.857. The molecule has 5 heteroatoms. The number of hydrogen-bond donors (Lipinski definition) is 1. The summed E-state index contributed by atoms with van der Waals surface area (Å²) in [6.45, 7) is 2.61. The van der Waals surface area contributed by atoms with E-state index in [1.165, 1.54) is 4.88 Å². The van der Waals surface area contributed by atoms with E-state index < -0.39 is 0 Å². The number of nitrogens with one attached hydrogen (secondary N) is 1. The minimum absolute atomic E-state index is 0.00524. The van der Waals surface area contributed by atoms with Crippen molar-refractivity contribution in [3.63, 3.8) is 0 Å². The molecule has 1 heterocycles. The topological polar surface area (TPSA) is 42.0 Å². The minimum atomic E-state index is -0.00524. The maximum atomic E-state index is 11.8. The van der Waals surface area contributed by atoms with Gasteiger partial charge >= 0.3 is 0 Å². The van der Waals surface area contributed by atoms with Gasteiger partial charge in [0.1, 0.15) is 0 Å². The molecule has 0 aliphatic rings. The van der Waals surface area contributed by atoms with Gasteiger partial charge in [0, 0.05) is 29.1 Å². The first-order valence-corrected chi connectivity index (χ1v) is 7.26. The van der Waals surface area contributed by atoms with Crippen LogP contribution in [0, 0.1) is 6.92 Å². The number of benzene rings is 1. The molecule has 0 radical (unpaired) electrons. The SMILES string of the molecule is Cc1ncc(CCNC(=O)Cc2ccccc2Cl)s1. The van der Waals surface area contributed by atoms with E-state index in [0.717, 1.165) is 17.0 Å². The van der Waals surface area contributed by atoms with Gasteiger partial charge in [0.15, 0.2) is 0 Å².